The molecule has 0 bridgehead atoms. The summed E-state index contributed by atoms with van der Waals surface area (Å²) >= 11 is -0.193. The first kappa shape index (κ1) is 22.1. The molecular formula is C20H20AsN8O2S. The van der Waals surface area contributed by atoms with E-state index in [2.05, 4.69) is 45.3 Å². The molecule has 0 N–H and O–H groups in total. The molecule has 10 nitrogen and oxygen atoms in total. The summed E-state index contributed by atoms with van der Waals surface area (Å²) in [5.41, 5.74) is 2.64. The molecule has 0 amide bonds. The van der Waals surface area contributed by atoms with Gasteiger partial charge in [0.1, 0.15) is 0 Å². The van der Waals surface area contributed by atoms with Crippen molar-refractivity contribution < 1.29 is 8.42 Å². The molecule has 0 aliphatic carbocycles. The van der Waals surface area contributed by atoms with Crippen LogP contribution in [0.15, 0.2) is 36.9 Å². The molecule has 163 valence electrons. The zero-order valence-electron chi connectivity index (χ0n) is 17.7. The van der Waals surface area contributed by atoms with Crippen molar-refractivity contribution in [2.24, 2.45) is 0 Å². The van der Waals surface area contributed by atoms with Crippen molar-refractivity contribution in [1.29, 1.82) is 5.26 Å². The molecule has 1 radical (unpaired) electrons. The van der Waals surface area contributed by atoms with Crippen molar-refractivity contribution in [3.05, 3.63) is 42.5 Å². The van der Waals surface area contributed by atoms with Gasteiger partial charge in [-0.15, -0.1) is 0 Å². The fraction of sp³-hybridized carbons (Fsp3) is 0.300. The maximum atomic E-state index is 11.4. The summed E-state index contributed by atoms with van der Waals surface area (Å²) in [7, 11) is -3.08. The van der Waals surface area contributed by atoms with Crippen molar-refractivity contribution in [3.8, 4) is 23.1 Å². The van der Waals surface area contributed by atoms with E-state index in [4.69, 9.17) is 5.26 Å². The van der Waals surface area contributed by atoms with Gasteiger partial charge in [0.2, 0.25) is 0 Å². The summed E-state index contributed by atoms with van der Waals surface area (Å²) in [5.74, 6) is 0.640. The molecule has 0 aliphatic rings. The average Bonchev–Trinajstić information content (AvgIpc) is 3.38. The molecule has 4 aromatic rings. The van der Waals surface area contributed by atoms with Gasteiger partial charge in [-0.05, 0) is 0 Å². The molecule has 0 spiro atoms. The van der Waals surface area contributed by atoms with Crippen LogP contribution in [0.25, 0.3) is 28.1 Å². The molecule has 0 saturated carbocycles. The van der Waals surface area contributed by atoms with Gasteiger partial charge in [0.05, 0.1) is 0 Å². The SMILES string of the molecule is CC(C)[As]c1cc(-n2ncc3cc(C#N)cnc32)ncc1-c1cn(CCS(C)(=O)=O)nn1. The fourth-order valence-electron chi connectivity index (χ4n) is 3.07. The second kappa shape index (κ2) is 8.80. The first-order valence-corrected chi connectivity index (χ1v) is 13.8. The standard InChI is InChI=1S/C20H20AsN8O2S/c1-13(2)21-17-7-19(29-20-15(10-25-29)6-14(8-22)9-24-20)23-11-16(17)18-12-28(27-26-18)4-5-32(3,30)31/h6-7,9-13H,4-5H2,1-3H3. The predicted octanol–water partition coefficient (Wildman–Crippen LogP) is 1.15. The Bertz CT molecular complexity index is 1440. The van der Waals surface area contributed by atoms with Crippen molar-refractivity contribution in [1.82, 2.24) is 34.7 Å². The minimum atomic E-state index is -3.08. The summed E-state index contributed by atoms with van der Waals surface area (Å²) < 4.78 is 27.7. The van der Waals surface area contributed by atoms with Crippen LogP contribution >= 0.6 is 0 Å². The van der Waals surface area contributed by atoms with Gasteiger partial charge in [0.25, 0.3) is 0 Å². The molecule has 32 heavy (non-hydrogen) atoms. The Kier molecular flexibility index (Phi) is 6.08. The first-order valence-electron chi connectivity index (χ1n) is 9.77. The van der Waals surface area contributed by atoms with Crippen molar-refractivity contribution >= 4 is 41.0 Å². The fourth-order valence-corrected chi connectivity index (χ4v) is 5.81. The molecular weight excluding hydrogens is 491 g/mol. The van der Waals surface area contributed by atoms with E-state index in [0.29, 0.717) is 27.4 Å². The Morgan fingerprint density at radius 2 is 2.00 bits per heavy atom. The van der Waals surface area contributed by atoms with Gasteiger partial charge in [0.15, 0.2) is 0 Å². The monoisotopic (exact) mass is 511 g/mol. The molecule has 0 unspecified atom stereocenters. The molecule has 0 fully saturated rings. The minimum absolute atomic E-state index is 0.00460. The van der Waals surface area contributed by atoms with Crippen molar-refractivity contribution in [2.45, 2.75) is 25.1 Å². The summed E-state index contributed by atoms with van der Waals surface area (Å²) in [4.78, 5) is 8.96. The Morgan fingerprint density at radius 3 is 2.72 bits per heavy atom. The molecule has 0 atom stereocenters. The van der Waals surface area contributed by atoms with Crippen LogP contribution in [0, 0.1) is 11.3 Å². The summed E-state index contributed by atoms with van der Waals surface area (Å²) in [6, 6.07) is 5.83. The van der Waals surface area contributed by atoms with Crippen LogP contribution in [0.3, 0.4) is 0 Å². The molecule has 4 rings (SSSR count). The van der Waals surface area contributed by atoms with Gasteiger partial charge in [0, 0.05) is 0 Å². The normalized spacial score (nSPS) is 12.2. The van der Waals surface area contributed by atoms with E-state index in [-0.39, 0.29) is 28.0 Å². The Hall–Kier alpha value is -3.09. The number of hydrogen-bond donors (Lipinski definition) is 0. The van der Waals surface area contributed by atoms with Crippen LogP contribution in [0.4, 0.5) is 0 Å². The van der Waals surface area contributed by atoms with Crippen LogP contribution in [0.2, 0.25) is 4.71 Å². The Balaban J connectivity index is 1.72. The van der Waals surface area contributed by atoms with Crippen LogP contribution in [0.1, 0.15) is 19.4 Å². The van der Waals surface area contributed by atoms with E-state index in [1.165, 1.54) is 17.1 Å². The number of aromatic nitrogens is 7. The third-order valence-corrected chi connectivity index (χ3v) is 7.89. The molecule has 0 saturated heterocycles. The molecule has 0 aliphatic heterocycles. The predicted molar refractivity (Wildman–Crippen MR) is 121 cm³/mol. The molecule has 4 heterocycles. The first-order chi connectivity index (χ1) is 15.2. The van der Waals surface area contributed by atoms with E-state index in [0.717, 1.165) is 15.3 Å². The van der Waals surface area contributed by atoms with E-state index < -0.39 is 9.84 Å². The third-order valence-electron chi connectivity index (χ3n) is 4.52. The van der Waals surface area contributed by atoms with Crippen LogP contribution < -0.4 is 4.35 Å². The molecule has 4 aromatic heterocycles. The van der Waals surface area contributed by atoms with E-state index in [9.17, 15) is 8.42 Å². The zero-order valence-corrected chi connectivity index (χ0v) is 20.4. The van der Waals surface area contributed by atoms with Gasteiger partial charge in [-0.1, -0.05) is 0 Å². The zero-order chi connectivity index (χ0) is 22.9. The van der Waals surface area contributed by atoms with Gasteiger partial charge in [-0.2, -0.15) is 0 Å². The number of aryl methyl sites for hydroxylation is 1. The van der Waals surface area contributed by atoms with E-state index >= 15 is 0 Å². The van der Waals surface area contributed by atoms with Gasteiger partial charge >= 0.3 is 192 Å². The van der Waals surface area contributed by atoms with E-state index in [1.807, 2.05) is 6.07 Å². The van der Waals surface area contributed by atoms with Gasteiger partial charge in [-0.25, -0.2) is 0 Å². The molecule has 0 aromatic carbocycles. The quantitative estimate of drug-likeness (QED) is 0.338. The van der Waals surface area contributed by atoms with Crippen LogP contribution in [0.5, 0.6) is 0 Å². The van der Waals surface area contributed by atoms with E-state index in [1.54, 1.807) is 29.3 Å². The van der Waals surface area contributed by atoms with Crippen LogP contribution in [-0.4, -0.2) is 70.9 Å². The number of rotatable bonds is 7. The Labute approximate surface area is 191 Å². The Morgan fingerprint density at radius 1 is 1.19 bits per heavy atom. The molecule has 12 heteroatoms. The number of nitriles is 1. The van der Waals surface area contributed by atoms with Crippen LogP contribution in [-0.2, 0) is 16.4 Å². The summed E-state index contributed by atoms with van der Waals surface area (Å²) in [5, 5.41) is 22.6. The average molecular weight is 511 g/mol. The number of hydrogen-bond acceptors (Lipinski definition) is 8. The summed E-state index contributed by atoms with van der Waals surface area (Å²) in [6.07, 6.45) is 7.89. The number of sulfone groups is 1. The number of nitrogens with zero attached hydrogens (tertiary/aromatic N) is 8. The maximum absolute atomic E-state index is 11.4. The number of fused-ring (bicyclic) bond motifs is 1. The van der Waals surface area contributed by atoms with Gasteiger partial charge in [-0.3, -0.25) is 0 Å². The summed E-state index contributed by atoms with van der Waals surface area (Å²) in [6.45, 7) is 4.59. The van der Waals surface area contributed by atoms with Gasteiger partial charge < -0.3 is 0 Å². The van der Waals surface area contributed by atoms with Crippen molar-refractivity contribution in [2.75, 3.05) is 12.0 Å². The third kappa shape index (κ3) is 4.87. The second-order valence-corrected chi connectivity index (χ2v) is 13.6. The second-order valence-electron chi connectivity index (χ2n) is 7.58. The van der Waals surface area contributed by atoms with Crippen molar-refractivity contribution in [3.63, 3.8) is 0 Å². The number of pyridine rings is 2. The topological polar surface area (TPSA) is 132 Å².